The van der Waals surface area contributed by atoms with E-state index in [1.54, 1.807) is 6.07 Å². The number of carbonyl (C=O) groups is 1. The number of nitrogens with one attached hydrogen (secondary N) is 1. The second-order valence-corrected chi connectivity index (χ2v) is 7.38. The fourth-order valence-electron chi connectivity index (χ4n) is 3.32. The number of carbonyl (C=O) groups excluding carboxylic acids is 1. The largest absolute Gasteiger partial charge is 0.506 e. The number of likely N-dealkylation sites (tertiary alicyclic amines) is 1. The first-order valence-electron chi connectivity index (χ1n) is 9.39. The quantitative estimate of drug-likeness (QED) is 0.658. The number of rotatable bonds is 7. The first kappa shape index (κ1) is 20.5. The smallest absolute Gasteiger partial charge is 0.407 e. The maximum Gasteiger partial charge on any atom is 0.407 e. The maximum absolute atomic E-state index is 12.3. The molecule has 3 N–H and O–H groups in total. The van der Waals surface area contributed by atoms with Crippen LogP contribution in [0.5, 0.6) is 5.75 Å². The van der Waals surface area contributed by atoms with Crippen LogP contribution in [0.1, 0.15) is 30.1 Å². The Bertz CT molecular complexity index is 781. The minimum Gasteiger partial charge on any atom is -0.506 e. The summed E-state index contributed by atoms with van der Waals surface area (Å²) in [5, 5.41) is 23.4. The molecule has 0 radical (unpaired) electrons. The standard InChI is InChI=1S/C21H25ClN2O4/c22-17-12-16(8-9-19(17)25)20(26)18(13-24-10-4-5-11-24)23-21(27)28-14-15-6-2-1-3-7-15/h1-3,6-9,12,18,20,25-26H,4-5,10-11,13-14H2,(H,23,27)/t18-,20?/m1/s1. The summed E-state index contributed by atoms with van der Waals surface area (Å²) < 4.78 is 5.31. The van der Waals surface area contributed by atoms with Gasteiger partial charge in [0.15, 0.2) is 0 Å². The van der Waals surface area contributed by atoms with Crippen LogP contribution in [0.2, 0.25) is 5.02 Å². The third kappa shape index (κ3) is 5.61. The second-order valence-electron chi connectivity index (χ2n) is 6.98. The highest BCUT2D eigenvalue weighted by Crippen LogP contribution is 2.28. The molecular weight excluding hydrogens is 380 g/mol. The van der Waals surface area contributed by atoms with Gasteiger partial charge < -0.3 is 25.2 Å². The van der Waals surface area contributed by atoms with Gasteiger partial charge in [0, 0.05) is 6.54 Å². The molecule has 0 aromatic heterocycles. The number of benzene rings is 2. The molecule has 0 bridgehead atoms. The average molecular weight is 405 g/mol. The van der Waals surface area contributed by atoms with Crippen molar-refractivity contribution in [3.63, 3.8) is 0 Å². The van der Waals surface area contributed by atoms with Crippen molar-refractivity contribution in [1.82, 2.24) is 10.2 Å². The van der Waals surface area contributed by atoms with E-state index in [9.17, 15) is 15.0 Å². The van der Waals surface area contributed by atoms with Crippen LogP contribution in [0.4, 0.5) is 4.79 Å². The number of alkyl carbamates (subject to hydrolysis) is 1. The Balaban J connectivity index is 1.66. The number of nitrogens with zero attached hydrogens (tertiary/aromatic N) is 1. The van der Waals surface area contributed by atoms with E-state index >= 15 is 0 Å². The Morgan fingerprint density at radius 1 is 1.18 bits per heavy atom. The Kier molecular flexibility index (Phi) is 7.14. The van der Waals surface area contributed by atoms with E-state index in [2.05, 4.69) is 10.2 Å². The Hall–Kier alpha value is -2.28. The van der Waals surface area contributed by atoms with Crippen LogP contribution in [-0.4, -0.2) is 46.9 Å². The van der Waals surface area contributed by atoms with E-state index in [0.717, 1.165) is 31.5 Å². The average Bonchev–Trinajstić information content (AvgIpc) is 3.21. The van der Waals surface area contributed by atoms with Crippen molar-refractivity contribution in [2.24, 2.45) is 0 Å². The predicted octanol–water partition coefficient (Wildman–Crippen LogP) is 3.47. The van der Waals surface area contributed by atoms with Gasteiger partial charge in [-0.2, -0.15) is 0 Å². The number of ether oxygens (including phenoxy) is 1. The molecule has 1 amide bonds. The highest BCUT2D eigenvalue weighted by Gasteiger charge is 2.27. The molecular formula is C21H25ClN2O4. The van der Waals surface area contributed by atoms with Crippen molar-refractivity contribution < 1.29 is 19.7 Å². The number of hydrogen-bond donors (Lipinski definition) is 3. The molecule has 1 aliphatic heterocycles. The fraction of sp³-hybridized carbons (Fsp3) is 0.381. The number of phenolic OH excluding ortho intramolecular Hbond substituents is 1. The predicted molar refractivity (Wildman–Crippen MR) is 107 cm³/mol. The van der Waals surface area contributed by atoms with Gasteiger partial charge in [-0.15, -0.1) is 0 Å². The summed E-state index contributed by atoms with van der Waals surface area (Å²) in [6, 6.07) is 13.4. The molecule has 150 valence electrons. The van der Waals surface area contributed by atoms with Gasteiger partial charge in [0.2, 0.25) is 0 Å². The van der Waals surface area contributed by atoms with Gasteiger partial charge in [-0.1, -0.05) is 48.0 Å². The van der Waals surface area contributed by atoms with E-state index in [1.165, 1.54) is 12.1 Å². The molecule has 2 aromatic carbocycles. The monoisotopic (exact) mass is 404 g/mol. The molecule has 2 aromatic rings. The molecule has 28 heavy (non-hydrogen) atoms. The number of phenols is 1. The Morgan fingerprint density at radius 3 is 2.57 bits per heavy atom. The van der Waals surface area contributed by atoms with Crippen LogP contribution in [-0.2, 0) is 11.3 Å². The molecule has 3 rings (SSSR count). The van der Waals surface area contributed by atoms with Gasteiger partial charge >= 0.3 is 6.09 Å². The lowest BCUT2D eigenvalue weighted by Gasteiger charge is -2.28. The first-order chi connectivity index (χ1) is 13.5. The summed E-state index contributed by atoms with van der Waals surface area (Å²) in [6.07, 6.45) is 0.637. The zero-order valence-electron chi connectivity index (χ0n) is 15.6. The zero-order chi connectivity index (χ0) is 19.9. The molecule has 0 aliphatic carbocycles. The normalized spacial score (nSPS) is 16.5. The second kappa shape index (κ2) is 9.78. The van der Waals surface area contributed by atoms with Crippen molar-refractivity contribution in [3.8, 4) is 5.75 Å². The lowest BCUT2D eigenvalue weighted by molar-refractivity contribution is 0.0882. The number of aromatic hydroxyl groups is 1. The molecule has 1 saturated heterocycles. The van der Waals surface area contributed by atoms with Crippen molar-refractivity contribution in [1.29, 1.82) is 0 Å². The summed E-state index contributed by atoms with van der Waals surface area (Å²) >= 11 is 5.97. The van der Waals surface area contributed by atoms with Crippen LogP contribution in [0, 0.1) is 0 Å². The van der Waals surface area contributed by atoms with Crippen molar-refractivity contribution >= 4 is 17.7 Å². The lowest BCUT2D eigenvalue weighted by atomic mass is 10.0. The Morgan fingerprint density at radius 2 is 1.89 bits per heavy atom. The first-order valence-corrected chi connectivity index (χ1v) is 9.77. The van der Waals surface area contributed by atoms with Gasteiger partial charge in [0.1, 0.15) is 18.5 Å². The van der Waals surface area contributed by atoms with E-state index in [1.807, 2.05) is 30.3 Å². The summed E-state index contributed by atoms with van der Waals surface area (Å²) in [6.45, 7) is 2.52. The molecule has 0 saturated carbocycles. The van der Waals surface area contributed by atoms with E-state index < -0.39 is 18.2 Å². The van der Waals surface area contributed by atoms with E-state index in [4.69, 9.17) is 16.3 Å². The molecule has 1 heterocycles. The lowest BCUT2D eigenvalue weighted by Crippen LogP contribution is -2.46. The number of aliphatic hydroxyl groups is 1. The van der Waals surface area contributed by atoms with Crippen molar-refractivity contribution in [2.75, 3.05) is 19.6 Å². The number of halogens is 1. The zero-order valence-corrected chi connectivity index (χ0v) is 16.3. The Labute approximate surface area is 169 Å². The molecule has 1 fully saturated rings. The van der Waals surface area contributed by atoms with Gasteiger partial charge in [-0.3, -0.25) is 0 Å². The molecule has 1 aliphatic rings. The van der Waals surface area contributed by atoms with Crippen molar-refractivity contribution in [3.05, 3.63) is 64.7 Å². The third-order valence-corrected chi connectivity index (χ3v) is 5.17. The molecule has 7 heteroatoms. The van der Waals surface area contributed by atoms with Crippen LogP contribution in [0.15, 0.2) is 48.5 Å². The van der Waals surface area contributed by atoms with E-state index in [0.29, 0.717) is 12.1 Å². The van der Waals surface area contributed by atoms with Crippen molar-refractivity contribution in [2.45, 2.75) is 31.6 Å². The summed E-state index contributed by atoms with van der Waals surface area (Å²) in [5.41, 5.74) is 1.41. The van der Waals surface area contributed by atoms with Gasteiger partial charge in [-0.25, -0.2) is 4.79 Å². The van der Waals surface area contributed by atoms with Crippen LogP contribution < -0.4 is 5.32 Å². The third-order valence-electron chi connectivity index (χ3n) is 4.86. The minimum atomic E-state index is -0.983. The molecule has 0 spiro atoms. The SMILES string of the molecule is O=C(N[C@H](CN1CCCC1)C(O)c1ccc(O)c(Cl)c1)OCc1ccccc1. The maximum atomic E-state index is 12.3. The summed E-state index contributed by atoms with van der Waals surface area (Å²) in [4.78, 5) is 14.5. The number of amides is 1. The van der Waals surface area contributed by atoms with E-state index in [-0.39, 0.29) is 17.4 Å². The molecule has 6 nitrogen and oxygen atoms in total. The highest BCUT2D eigenvalue weighted by molar-refractivity contribution is 6.32. The van der Waals surface area contributed by atoms with Gasteiger partial charge in [0.25, 0.3) is 0 Å². The minimum absolute atomic E-state index is 0.0519. The topological polar surface area (TPSA) is 82.0 Å². The van der Waals surface area contributed by atoms with Gasteiger partial charge in [-0.05, 0) is 49.2 Å². The van der Waals surface area contributed by atoms with Crippen LogP contribution in [0.3, 0.4) is 0 Å². The number of hydrogen-bond acceptors (Lipinski definition) is 5. The van der Waals surface area contributed by atoms with Crippen LogP contribution in [0.25, 0.3) is 0 Å². The summed E-state index contributed by atoms with van der Waals surface area (Å²) in [7, 11) is 0. The van der Waals surface area contributed by atoms with Crippen LogP contribution >= 0.6 is 11.6 Å². The molecule has 2 atom stereocenters. The number of aliphatic hydroxyl groups excluding tert-OH is 1. The molecule has 1 unspecified atom stereocenters. The summed E-state index contributed by atoms with van der Waals surface area (Å²) in [5.74, 6) is -0.0519. The van der Waals surface area contributed by atoms with Gasteiger partial charge in [0.05, 0.1) is 11.1 Å². The fourth-order valence-corrected chi connectivity index (χ4v) is 3.51. The highest BCUT2D eigenvalue weighted by atomic mass is 35.5.